The van der Waals surface area contributed by atoms with E-state index < -0.39 is 0 Å². The number of rotatable bonds is 5. The minimum Gasteiger partial charge on any atom is -0.508 e. The molecule has 4 nitrogen and oxygen atoms in total. The van der Waals surface area contributed by atoms with E-state index in [9.17, 15) is 9.90 Å². The lowest BCUT2D eigenvalue weighted by Crippen LogP contribution is -2.14. The summed E-state index contributed by atoms with van der Waals surface area (Å²) < 4.78 is 6.02. The van der Waals surface area contributed by atoms with Gasteiger partial charge in [0.2, 0.25) is 5.91 Å². The van der Waals surface area contributed by atoms with Gasteiger partial charge in [0.05, 0.1) is 6.42 Å². The van der Waals surface area contributed by atoms with Crippen molar-refractivity contribution in [2.75, 3.05) is 5.32 Å². The Bertz CT molecular complexity index is 942. The summed E-state index contributed by atoms with van der Waals surface area (Å²) in [4.78, 5) is 12.3. The summed E-state index contributed by atoms with van der Waals surface area (Å²) in [6.07, 6.45) is 0.301. The van der Waals surface area contributed by atoms with Crippen LogP contribution in [0.2, 0.25) is 0 Å². The highest BCUT2D eigenvalue weighted by Crippen LogP contribution is 2.32. The second-order valence-electron chi connectivity index (χ2n) is 6.70. The van der Waals surface area contributed by atoms with Crippen molar-refractivity contribution in [2.24, 2.45) is 0 Å². The molecular formula is C25H29NO3. The van der Waals surface area contributed by atoms with Gasteiger partial charge in [0.25, 0.3) is 0 Å². The Labute approximate surface area is 173 Å². The number of anilines is 1. The van der Waals surface area contributed by atoms with Crippen molar-refractivity contribution in [1.29, 1.82) is 0 Å². The first-order chi connectivity index (χ1) is 13.9. The van der Waals surface area contributed by atoms with Crippen LogP contribution in [-0.2, 0) is 11.2 Å². The first-order valence-corrected chi connectivity index (χ1v) is 9.85. The van der Waals surface area contributed by atoms with Crippen molar-refractivity contribution < 1.29 is 14.6 Å². The van der Waals surface area contributed by atoms with Gasteiger partial charge < -0.3 is 15.2 Å². The Hall–Kier alpha value is -3.27. The molecule has 0 spiro atoms. The average Bonchev–Trinajstić information content (AvgIpc) is 2.70. The number of aromatic hydroxyl groups is 1. The summed E-state index contributed by atoms with van der Waals surface area (Å²) in [6.45, 7) is 9.76. The van der Waals surface area contributed by atoms with Crippen molar-refractivity contribution in [2.45, 2.75) is 41.0 Å². The third kappa shape index (κ3) is 6.11. The van der Waals surface area contributed by atoms with Crippen LogP contribution in [0.4, 0.5) is 5.69 Å². The van der Waals surface area contributed by atoms with E-state index in [1.807, 2.05) is 77.1 Å². The summed E-state index contributed by atoms with van der Waals surface area (Å²) in [5, 5.41) is 12.6. The Kier molecular flexibility index (Phi) is 7.84. The minimum atomic E-state index is -0.0529. The van der Waals surface area contributed by atoms with E-state index in [0.29, 0.717) is 12.2 Å². The van der Waals surface area contributed by atoms with Gasteiger partial charge in [0.15, 0.2) is 0 Å². The SMILES string of the molecule is CC.Cc1cc(Oc2c(C)cc(CC(=O)Nc3ccccc3)cc2C)ccc1O. The van der Waals surface area contributed by atoms with Gasteiger partial charge in [-0.25, -0.2) is 0 Å². The molecule has 3 aromatic rings. The maximum absolute atomic E-state index is 12.3. The molecule has 3 rings (SSSR count). The molecule has 3 aromatic carbocycles. The zero-order valence-corrected chi connectivity index (χ0v) is 17.7. The lowest BCUT2D eigenvalue weighted by Gasteiger charge is -2.14. The van der Waals surface area contributed by atoms with E-state index in [4.69, 9.17) is 4.74 Å². The summed E-state index contributed by atoms with van der Waals surface area (Å²) in [5.74, 6) is 1.64. The number of ether oxygens (including phenoxy) is 1. The molecular weight excluding hydrogens is 362 g/mol. The fraction of sp³-hybridized carbons (Fsp3) is 0.240. The fourth-order valence-corrected chi connectivity index (χ4v) is 3.02. The highest BCUT2D eigenvalue weighted by Gasteiger charge is 2.11. The number of carbonyl (C=O) groups is 1. The largest absolute Gasteiger partial charge is 0.508 e. The van der Waals surface area contributed by atoms with Crippen LogP contribution < -0.4 is 10.1 Å². The molecule has 0 fully saturated rings. The fourth-order valence-electron chi connectivity index (χ4n) is 3.02. The Balaban J connectivity index is 0.00000145. The number of aryl methyl sites for hydroxylation is 3. The summed E-state index contributed by atoms with van der Waals surface area (Å²) in [7, 11) is 0. The van der Waals surface area contributed by atoms with Crippen molar-refractivity contribution in [3.63, 3.8) is 0 Å². The molecule has 0 aliphatic rings. The molecule has 1 amide bonds. The molecule has 0 bridgehead atoms. The quantitative estimate of drug-likeness (QED) is 0.535. The zero-order valence-electron chi connectivity index (χ0n) is 17.7. The van der Waals surface area contributed by atoms with E-state index in [1.165, 1.54) is 0 Å². The molecule has 0 unspecified atom stereocenters. The first-order valence-electron chi connectivity index (χ1n) is 9.85. The van der Waals surface area contributed by atoms with Crippen LogP contribution in [-0.4, -0.2) is 11.0 Å². The van der Waals surface area contributed by atoms with Gasteiger partial charge in [-0.3, -0.25) is 4.79 Å². The van der Waals surface area contributed by atoms with Crippen LogP contribution in [0.3, 0.4) is 0 Å². The Morgan fingerprint density at radius 2 is 1.52 bits per heavy atom. The molecule has 0 heterocycles. The second kappa shape index (κ2) is 10.3. The lowest BCUT2D eigenvalue weighted by molar-refractivity contribution is -0.115. The summed E-state index contributed by atoms with van der Waals surface area (Å²) >= 11 is 0. The van der Waals surface area contributed by atoms with Gasteiger partial charge in [-0.1, -0.05) is 44.2 Å². The summed E-state index contributed by atoms with van der Waals surface area (Å²) in [6, 6.07) is 18.5. The smallest absolute Gasteiger partial charge is 0.228 e. The number of phenols is 1. The zero-order chi connectivity index (χ0) is 21.4. The molecule has 0 aromatic heterocycles. The van der Waals surface area contributed by atoms with Crippen molar-refractivity contribution in [1.82, 2.24) is 0 Å². The predicted molar refractivity (Wildman–Crippen MR) is 119 cm³/mol. The number of hydrogen-bond acceptors (Lipinski definition) is 3. The Morgan fingerprint density at radius 1 is 0.897 bits per heavy atom. The monoisotopic (exact) mass is 391 g/mol. The lowest BCUT2D eigenvalue weighted by atomic mass is 10.0. The third-order valence-corrected chi connectivity index (χ3v) is 4.33. The highest BCUT2D eigenvalue weighted by molar-refractivity contribution is 5.92. The molecule has 0 saturated carbocycles. The third-order valence-electron chi connectivity index (χ3n) is 4.33. The van der Waals surface area contributed by atoms with E-state index in [2.05, 4.69) is 5.32 Å². The van der Waals surface area contributed by atoms with Gasteiger partial charge in [-0.15, -0.1) is 0 Å². The van der Waals surface area contributed by atoms with Crippen LogP contribution in [0.15, 0.2) is 60.7 Å². The molecule has 0 saturated heterocycles. The average molecular weight is 392 g/mol. The molecule has 0 aliphatic heterocycles. The normalized spacial score (nSPS) is 9.97. The van der Waals surface area contributed by atoms with Gasteiger partial charge >= 0.3 is 0 Å². The number of carbonyl (C=O) groups excluding carboxylic acids is 1. The van der Waals surface area contributed by atoms with Crippen molar-refractivity contribution in [3.05, 3.63) is 82.9 Å². The van der Waals surface area contributed by atoms with Crippen LogP contribution in [0.25, 0.3) is 0 Å². The number of phenolic OH excluding ortho intramolecular Hbond substituents is 1. The van der Waals surface area contributed by atoms with Gasteiger partial charge in [0.1, 0.15) is 17.2 Å². The van der Waals surface area contributed by atoms with Crippen molar-refractivity contribution in [3.8, 4) is 17.2 Å². The number of para-hydroxylation sites is 1. The number of amides is 1. The number of hydrogen-bond donors (Lipinski definition) is 2. The molecule has 0 radical (unpaired) electrons. The van der Waals surface area contributed by atoms with Crippen LogP contribution in [0, 0.1) is 20.8 Å². The van der Waals surface area contributed by atoms with E-state index in [0.717, 1.165) is 33.7 Å². The maximum Gasteiger partial charge on any atom is 0.228 e. The molecule has 0 aliphatic carbocycles. The van der Waals surface area contributed by atoms with E-state index in [1.54, 1.807) is 18.2 Å². The van der Waals surface area contributed by atoms with Crippen LogP contribution in [0.5, 0.6) is 17.2 Å². The van der Waals surface area contributed by atoms with Gasteiger partial charge in [-0.05, 0) is 73.4 Å². The van der Waals surface area contributed by atoms with Gasteiger partial charge in [0, 0.05) is 5.69 Å². The second-order valence-corrected chi connectivity index (χ2v) is 6.70. The molecule has 0 atom stereocenters. The standard InChI is InChI=1S/C23H23NO3.C2H6/c1-15-13-20(9-10-21(15)25)27-23-16(2)11-18(12-17(23)3)14-22(26)24-19-7-5-4-6-8-19;1-2/h4-13,25H,14H2,1-3H3,(H,24,26);1-2H3. The molecule has 2 N–H and O–H groups in total. The van der Waals surface area contributed by atoms with Crippen LogP contribution in [0.1, 0.15) is 36.1 Å². The van der Waals surface area contributed by atoms with E-state index >= 15 is 0 Å². The number of benzene rings is 3. The van der Waals surface area contributed by atoms with Crippen molar-refractivity contribution >= 4 is 11.6 Å². The van der Waals surface area contributed by atoms with Crippen LogP contribution >= 0.6 is 0 Å². The number of nitrogens with one attached hydrogen (secondary N) is 1. The Morgan fingerprint density at radius 3 is 2.10 bits per heavy atom. The molecule has 4 heteroatoms. The summed E-state index contributed by atoms with van der Waals surface area (Å²) in [5.41, 5.74) is 4.41. The minimum absolute atomic E-state index is 0.0529. The molecule has 152 valence electrons. The maximum atomic E-state index is 12.3. The predicted octanol–water partition coefficient (Wildman–Crippen LogP) is 6.32. The molecule has 29 heavy (non-hydrogen) atoms. The first kappa shape index (κ1) is 22.0. The van der Waals surface area contributed by atoms with E-state index in [-0.39, 0.29) is 11.7 Å². The highest BCUT2D eigenvalue weighted by atomic mass is 16.5. The topological polar surface area (TPSA) is 58.6 Å². The van der Waals surface area contributed by atoms with Gasteiger partial charge in [-0.2, -0.15) is 0 Å².